The van der Waals surface area contributed by atoms with Gasteiger partial charge in [-0.2, -0.15) is 0 Å². The van der Waals surface area contributed by atoms with Crippen molar-refractivity contribution in [3.8, 4) is 45.5 Å². The highest BCUT2D eigenvalue weighted by molar-refractivity contribution is 5.84. The Labute approximate surface area is 296 Å². The summed E-state index contributed by atoms with van der Waals surface area (Å²) >= 11 is 0. The van der Waals surface area contributed by atoms with Crippen LogP contribution in [0.25, 0.3) is 56.2 Å². The average molecular weight is 671 g/mol. The Kier molecular flexibility index (Phi) is 8.16. The van der Waals surface area contributed by atoms with E-state index in [0.29, 0.717) is 30.9 Å². The van der Waals surface area contributed by atoms with Crippen molar-refractivity contribution < 1.29 is 18.3 Å². The highest BCUT2D eigenvalue weighted by atomic mass is 16.5. The number of hydrogen-bond donors (Lipinski definition) is 0. The number of benzene rings is 4. The monoisotopic (exact) mass is 670 g/mol. The molecular formula is C44H50N2O4. The molecule has 0 amide bonds. The smallest absolute Gasteiger partial charge is 0.227 e. The normalized spacial score (nSPS) is 13.4. The van der Waals surface area contributed by atoms with E-state index in [-0.39, 0.29) is 16.2 Å². The Bertz CT molecular complexity index is 2230. The molecule has 0 unspecified atom stereocenters. The van der Waals surface area contributed by atoms with Gasteiger partial charge in [-0.3, -0.25) is 0 Å². The summed E-state index contributed by atoms with van der Waals surface area (Å²) in [6, 6.07) is 21.3. The largest absolute Gasteiger partial charge is 0.493 e. The molecule has 260 valence electrons. The van der Waals surface area contributed by atoms with Gasteiger partial charge in [-0.15, -0.1) is 0 Å². The third-order valence-corrected chi connectivity index (χ3v) is 9.20. The molecule has 6 aromatic rings. The number of hydrogen-bond acceptors (Lipinski definition) is 6. The fourth-order valence-corrected chi connectivity index (χ4v) is 6.60. The van der Waals surface area contributed by atoms with Crippen LogP contribution in [0.4, 0.5) is 0 Å². The Balaban J connectivity index is 1.18. The van der Waals surface area contributed by atoms with Crippen LogP contribution >= 0.6 is 0 Å². The first-order valence-corrected chi connectivity index (χ1v) is 17.9. The molecule has 50 heavy (non-hydrogen) atoms. The van der Waals surface area contributed by atoms with E-state index in [0.717, 1.165) is 62.4 Å². The molecule has 6 nitrogen and oxygen atoms in total. The summed E-state index contributed by atoms with van der Waals surface area (Å²) in [5.41, 5.74) is 12.2. The zero-order chi connectivity index (χ0) is 35.7. The molecule has 0 bridgehead atoms. The van der Waals surface area contributed by atoms with Gasteiger partial charge in [0.25, 0.3) is 0 Å². The summed E-state index contributed by atoms with van der Waals surface area (Å²) in [6.45, 7) is 25.4. The molecule has 0 saturated heterocycles. The number of oxazole rings is 2. The SMILES string of the molecule is CC(C)COc1cc2oc(-c3ccc4c(c3)Cc3cc(-c5nc6cc(C(C)(C)C)c(OCC(C)(C)C)cc6o5)ccc3-4)nc2cc1C(C)(C)C. The lowest BCUT2D eigenvalue weighted by molar-refractivity contribution is 0.194. The molecule has 2 aromatic heterocycles. The molecule has 0 radical (unpaired) electrons. The van der Waals surface area contributed by atoms with Gasteiger partial charge < -0.3 is 18.3 Å². The second kappa shape index (κ2) is 12.0. The van der Waals surface area contributed by atoms with Crippen LogP contribution in [-0.2, 0) is 17.3 Å². The van der Waals surface area contributed by atoms with Crippen molar-refractivity contribution in [1.82, 2.24) is 9.97 Å². The lowest BCUT2D eigenvalue weighted by atomic mass is 9.86. The average Bonchev–Trinajstić information content (AvgIpc) is 3.74. The summed E-state index contributed by atoms with van der Waals surface area (Å²) in [5, 5.41) is 0. The van der Waals surface area contributed by atoms with Crippen molar-refractivity contribution in [2.24, 2.45) is 11.3 Å². The van der Waals surface area contributed by atoms with E-state index in [1.807, 2.05) is 12.1 Å². The third-order valence-electron chi connectivity index (χ3n) is 9.20. The number of fused-ring (bicyclic) bond motifs is 5. The van der Waals surface area contributed by atoms with Gasteiger partial charge in [0.05, 0.1) is 13.2 Å². The maximum atomic E-state index is 6.38. The minimum absolute atomic E-state index is 0.0462. The zero-order valence-electron chi connectivity index (χ0n) is 31.5. The maximum absolute atomic E-state index is 6.38. The highest BCUT2D eigenvalue weighted by Gasteiger charge is 2.26. The van der Waals surface area contributed by atoms with Gasteiger partial charge in [0, 0.05) is 34.4 Å². The molecular weight excluding hydrogens is 620 g/mol. The highest BCUT2D eigenvalue weighted by Crippen LogP contribution is 2.43. The van der Waals surface area contributed by atoms with Crippen molar-refractivity contribution >= 4 is 22.2 Å². The summed E-state index contributed by atoms with van der Waals surface area (Å²) in [7, 11) is 0. The summed E-state index contributed by atoms with van der Waals surface area (Å²) in [4.78, 5) is 9.89. The molecule has 0 aliphatic heterocycles. The molecule has 0 fully saturated rings. The number of rotatable bonds is 7. The van der Waals surface area contributed by atoms with E-state index in [9.17, 15) is 0 Å². The number of aromatic nitrogens is 2. The van der Waals surface area contributed by atoms with E-state index in [4.69, 9.17) is 28.3 Å². The van der Waals surface area contributed by atoms with E-state index >= 15 is 0 Å². The Morgan fingerprint density at radius 2 is 1.08 bits per heavy atom. The lowest BCUT2D eigenvalue weighted by Gasteiger charge is -2.25. The van der Waals surface area contributed by atoms with Gasteiger partial charge in [-0.05, 0) is 87.2 Å². The Hall–Kier alpha value is -4.58. The van der Waals surface area contributed by atoms with Crippen molar-refractivity contribution in [2.45, 2.75) is 93.4 Å². The van der Waals surface area contributed by atoms with Crippen LogP contribution in [0.5, 0.6) is 11.5 Å². The molecule has 0 saturated carbocycles. The van der Waals surface area contributed by atoms with E-state index in [1.54, 1.807) is 0 Å². The van der Waals surface area contributed by atoms with E-state index in [2.05, 4.69) is 125 Å². The molecule has 7 rings (SSSR count). The van der Waals surface area contributed by atoms with Gasteiger partial charge >= 0.3 is 0 Å². The predicted molar refractivity (Wildman–Crippen MR) is 203 cm³/mol. The first-order chi connectivity index (χ1) is 23.4. The van der Waals surface area contributed by atoms with Gasteiger partial charge in [0.15, 0.2) is 11.2 Å². The van der Waals surface area contributed by atoms with Crippen LogP contribution in [0.3, 0.4) is 0 Å². The quantitative estimate of drug-likeness (QED) is 0.168. The number of nitrogens with zero attached hydrogens (tertiary/aromatic N) is 2. The fourth-order valence-electron chi connectivity index (χ4n) is 6.60. The van der Waals surface area contributed by atoms with Crippen LogP contribution in [0.1, 0.15) is 98.4 Å². The number of ether oxygens (including phenoxy) is 2. The van der Waals surface area contributed by atoms with Gasteiger partial charge in [-0.25, -0.2) is 9.97 Å². The topological polar surface area (TPSA) is 70.5 Å². The first-order valence-electron chi connectivity index (χ1n) is 17.9. The second-order valence-electron chi connectivity index (χ2n) is 17.6. The first kappa shape index (κ1) is 33.9. The molecule has 6 heteroatoms. The lowest BCUT2D eigenvalue weighted by Crippen LogP contribution is -2.20. The van der Waals surface area contributed by atoms with Gasteiger partial charge in [0.1, 0.15) is 22.5 Å². The summed E-state index contributed by atoms with van der Waals surface area (Å²) in [6.07, 6.45) is 0.813. The van der Waals surface area contributed by atoms with Crippen molar-refractivity contribution in [1.29, 1.82) is 0 Å². The Morgan fingerprint density at radius 1 is 0.620 bits per heavy atom. The van der Waals surface area contributed by atoms with Crippen molar-refractivity contribution in [2.75, 3.05) is 13.2 Å². The minimum Gasteiger partial charge on any atom is -0.493 e. The molecule has 0 N–H and O–H groups in total. The predicted octanol–water partition coefficient (Wildman–Crippen LogP) is 11.9. The fraction of sp³-hybridized carbons (Fsp3) is 0.409. The van der Waals surface area contributed by atoms with Crippen LogP contribution < -0.4 is 9.47 Å². The summed E-state index contributed by atoms with van der Waals surface area (Å²) in [5.74, 6) is 3.39. The Morgan fingerprint density at radius 3 is 1.50 bits per heavy atom. The second-order valence-corrected chi connectivity index (χ2v) is 17.6. The van der Waals surface area contributed by atoms with E-state index < -0.39 is 0 Å². The van der Waals surface area contributed by atoms with Crippen LogP contribution in [0.2, 0.25) is 0 Å². The van der Waals surface area contributed by atoms with Gasteiger partial charge in [-0.1, -0.05) is 88.3 Å². The third kappa shape index (κ3) is 6.65. The van der Waals surface area contributed by atoms with Crippen molar-refractivity contribution in [3.63, 3.8) is 0 Å². The van der Waals surface area contributed by atoms with E-state index in [1.165, 1.54) is 22.3 Å². The molecule has 4 aromatic carbocycles. The zero-order valence-corrected chi connectivity index (χ0v) is 31.5. The van der Waals surface area contributed by atoms with Crippen LogP contribution in [-0.4, -0.2) is 23.2 Å². The van der Waals surface area contributed by atoms with Gasteiger partial charge in [0.2, 0.25) is 11.8 Å². The minimum atomic E-state index is -0.100. The van der Waals surface area contributed by atoms with Crippen LogP contribution in [0, 0.1) is 11.3 Å². The molecule has 1 aliphatic carbocycles. The molecule has 2 heterocycles. The molecule has 0 spiro atoms. The molecule has 0 atom stereocenters. The van der Waals surface area contributed by atoms with Crippen LogP contribution in [0.15, 0.2) is 69.5 Å². The maximum Gasteiger partial charge on any atom is 0.227 e. The standard InChI is InChI=1S/C44H50N2O4/c1-25(2)23-47-36-21-38-34(19-32(36)43(6,7)8)45-40(49-38)26-12-14-30-28(16-26)18-29-17-27(13-15-31(29)30)41-46-35-20-33(44(9,10)11)37(22-39(35)50-41)48-24-42(3,4)5/h12-17,19-22,25H,18,23-24H2,1-11H3. The molecule has 1 aliphatic rings. The summed E-state index contributed by atoms with van der Waals surface area (Å²) < 4.78 is 25.3. The van der Waals surface area contributed by atoms with Crippen molar-refractivity contribution in [3.05, 3.63) is 82.9 Å².